The second-order valence-corrected chi connectivity index (χ2v) is 7.86. The minimum Gasteiger partial charge on any atom is -0.368 e. The Morgan fingerprint density at radius 3 is 2.17 bits per heavy atom. The zero-order valence-electron chi connectivity index (χ0n) is 17.0. The Kier molecular flexibility index (Phi) is 6.86. The predicted octanol–water partition coefficient (Wildman–Crippen LogP) is 3.70. The van der Waals surface area contributed by atoms with E-state index in [-0.39, 0.29) is 17.6 Å². The van der Waals surface area contributed by atoms with Gasteiger partial charge in [0, 0.05) is 44.0 Å². The maximum Gasteiger partial charge on any atom is 0.227 e. The summed E-state index contributed by atoms with van der Waals surface area (Å²) in [5, 5.41) is 2.92. The first-order valence-corrected chi connectivity index (χ1v) is 10.1. The SMILES string of the molecule is CC(C)CC(=O)Nc1ccc(N2CCN(C(=O)Cc3ccc(F)cc3)CC2)cc1. The van der Waals surface area contributed by atoms with E-state index in [1.54, 1.807) is 12.1 Å². The lowest BCUT2D eigenvalue weighted by Crippen LogP contribution is -2.49. The summed E-state index contributed by atoms with van der Waals surface area (Å²) in [5.74, 6) is 0.136. The zero-order valence-corrected chi connectivity index (χ0v) is 17.0. The van der Waals surface area contributed by atoms with E-state index < -0.39 is 0 Å². The molecule has 0 bridgehead atoms. The number of benzene rings is 2. The van der Waals surface area contributed by atoms with Crippen molar-refractivity contribution in [1.82, 2.24) is 4.90 Å². The van der Waals surface area contributed by atoms with Gasteiger partial charge >= 0.3 is 0 Å². The fourth-order valence-corrected chi connectivity index (χ4v) is 3.44. The van der Waals surface area contributed by atoms with Gasteiger partial charge in [-0.2, -0.15) is 0 Å². The molecule has 2 aromatic rings. The van der Waals surface area contributed by atoms with Crippen LogP contribution in [-0.4, -0.2) is 42.9 Å². The Bertz CT molecular complexity index is 826. The number of carbonyl (C=O) groups is 2. The highest BCUT2D eigenvalue weighted by Gasteiger charge is 2.21. The number of nitrogens with zero attached hydrogens (tertiary/aromatic N) is 2. The number of piperazine rings is 1. The molecule has 1 aliphatic heterocycles. The smallest absolute Gasteiger partial charge is 0.227 e. The molecule has 0 unspecified atom stereocenters. The molecule has 2 amide bonds. The standard InChI is InChI=1S/C23H28FN3O2/c1-17(2)15-22(28)25-20-7-9-21(10-8-20)26-11-13-27(14-12-26)23(29)16-18-3-5-19(24)6-4-18/h3-10,17H,11-16H2,1-2H3,(H,25,28). The van der Waals surface area contributed by atoms with Crippen LogP contribution in [0.25, 0.3) is 0 Å². The Morgan fingerprint density at radius 1 is 0.966 bits per heavy atom. The third-order valence-electron chi connectivity index (χ3n) is 5.01. The van der Waals surface area contributed by atoms with Gasteiger partial charge in [-0.1, -0.05) is 26.0 Å². The van der Waals surface area contributed by atoms with Crippen LogP contribution in [0.1, 0.15) is 25.8 Å². The van der Waals surface area contributed by atoms with Crippen molar-refractivity contribution >= 4 is 23.2 Å². The van der Waals surface area contributed by atoms with Crippen molar-refractivity contribution < 1.29 is 14.0 Å². The summed E-state index contributed by atoms with van der Waals surface area (Å²) in [6.07, 6.45) is 0.806. The topological polar surface area (TPSA) is 52.7 Å². The van der Waals surface area contributed by atoms with E-state index in [1.165, 1.54) is 12.1 Å². The molecule has 0 atom stereocenters. The van der Waals surface area contributed by atoms with Crippen molar-refractivity contribution in [1.29, 1.82) is 0 Å². The maximum absolute atomic E-state index is 13.0. The average Bonchev–Trinajstić information content (AvgIpc) is 2.70. The Morgan fingerprint density at radius 2 is 1.59 bits per heavy atom. The van der Waals surface area contributed by atoms with Crippen molar-refractivity contribution in [2.45, 2.75) is 26.7 Å². The van der Waals surface area contributed by atoms with Crippen molar-refractivity contribution in [2.24, 2.45) is 5.92 Å². The molecule has 1 N–H and O–H groups in total. The van der Waals surface area contributed by atoms with Crippen molar-refractivity contribution in [3.63, 3.8) is 0 Å². The molecule has 0 aromatic heterocycles. The largest absolute Gasteiger partial charge is 0.368 e. The minimum absolute atomic E-state index is 0.0287. The van der Waals surface area contributed by atoms with E-state index in [0.717, 1.165) is 30.0 Å². The van der Waals surface area contributed by atoms with Crippen LogP contribution in [0, 0.1) is 11.7 Å². The van der Waals surface area contributed by atoms with Crippen LogP contribution in [-0.2, 0) is 16.0 Å². The van der Waals surface area contributed by atoms with Crippen molar-refractivity contribution in [3.8, 4) is 0 Å². The quantitative estimate of drug-likeness (QED) is 0.809. The predicted molar refractivity (Wildman–Crippen MR) is 113 cm³/mol. The summed E-state index contributed by atoms with van der Waals surface area (Å²) >= 11 is 0. The number of hydrogen-bond acceptors (Lipinski definition) is 3. The van der Waals surface area contributed by atoms with Gasteiger partial charge < -0.3 is 15.1 Å². The molecular weight excluding hydrogens is 369 g/mol. The summed E-state index contributed by atoms with van der Waals surface area (Å²) in [4.78, 5) is 28.5. The number of halogens is 1. The molecular formula is C23H28FN3O2. The van der Waals surface area contributed by atoms with Gasteiger partial charge in [-0.05, 0) is 47.9 Å². The van der Waals surface area contributed by atoms with Crippen LogP contribution in [0.3, 0.4) is 0 Å². The first kappa shape index (κ1) is 20.8. The van der Waals surface area contributed by atoms with Gasteiger partial charge in [-0.25, -0.2) is 4.39 Å². The zero-order chi connectivity index (χ0) is 20.8. The number of nitrogens with one attached hydrogen (secondary N) is 1. The summed E-state index contributed by atoms with van der Waals surface area (Å²) < 4.78 is 13.0. The lowest BCUT2D eigenvalue weighted by Gasteiger charge is -2.36. The minimum atomic E-state index is -0.291. The third-order valence-corrected chi connectivity index (χ3v) is 5.01. The second kappa shape index (κ2) is 9.54. The molecule has 2 aromatic carbocycles. The first-order chi connectivity index (χ1) is 13.9. The highest BCUT2D eigenvalue weighted by molar-refractivity contribution is 5.91. The molecule has 0 saturated carbocycles. The molecule has 0 spiro atoms. The van der Waals surface area contributed by atoms with E-state index in [1.807, 2.05) is 43.0 Å². The number of anilines is 2. The Hall–Kier alpha value is -2.89. The number of hydrogen-bond donors (Lipinski definition) is 1. The van der Waals surface area contributed by atoms with E-state index in [0.29, 0.717) is 31.8 Å². The normalized spacial score (nSPS) is 14.2. The van der Waals surface area contributed by atoms with Gasteiger partial charge in [0.25, 0.3) is 0 Å². The van der Waals surface area contributed by atoms with Crippen LogP contribution in [0.4, 0.5) is 15.8 Å². The maximum atomic E-state index is 13.0. The van der Waals surface area contributed by atoms with E-state index in [2.05, 4.69) is 10.2 Å². The summed E-state index contributed by atoms with van der Waals surface area (Å²) in [6, 6.07) is 13.9. The highest BCUT2D eigenvalue weighted by Crippen LogP contribution is 2.20. The van der Waals surface area contributed by atoms with E-state index in [4.69, 9.17) is 0 Å². The Labute approximate surface area is 171 Å². The van der Waals surface area contributed by atoms with Crippen molar-refractivity contribution in [3.05, 3.63) is 59.9 Å². The second-order valence-electron chi connectivity index (χ2n) is 7.86. The van der Waals surface area contributed by atoms with Crippen LogP contribution < -0.4 is 10.2 Å². The highest BCUT2D eigenvalue weighted by atomic mass is 19.1. The summed E-state index contributed by atoms with van der Waals surface area (Å²) in [7, 11) is 0. The lowest BCUT2D eigenvalue weighted by molar-refractivity contribution is -0.130. The molecule has 1 heterocycles. The van der Waals surface area contributed by atoms with Gasteiger partial charge in [0.15, 0.2) is 0 Å². The third kappa shape index (κ3) is 6.04. The molecule has 154 valence electrons. The molecule has 3 rings (SSSR count). The molecule has 1 fully saturated rings. The molecule has 0 aliphatic carbocycles. The van der Waals surface area contributed by atoms with E-state index in [9.17, 15) is 14.0 Å². The lowest BCUT2D eigenvalue weighted by atomic mass is 10.1. The summed E-state index contributed by atoms with van der Waals surface area (Å²) in [6.45, 7) is 6.88. The molecule has 6 heteroatoms. The van der Waals surface area contributed by atoms with Gasteiger partial charge in [0.1, 0.15) is 5.82 Å². The number of carbonyl (C=O) groups excluding carboxylic acids is 2. The molecule has 29 heavy (non-hydrogen) atoms. The Balaban J connectivity index is 1.49. The molecule has 1 aliphatic rings. The van der Waals surface area contributed by atoms with Crippen LogP contribution in [0.5, 0.6) is 0 Å². The molecule has 1 saturated heterocycles. The van der Waals surface area contributed by atoms with Crippen LogP contribution in [0.15, 0.2) is 48.5 Å². The van der Waals surface area contributed by atoms with E-state index >= 15 is 0 Å². The fourth-order valence-electron chi connectivity index (χ4n) is 3.44. The van der Waals surface area contributed by atoms with Crippen LogP contribution in [0.2, 0.25) is 0 Å². The van der Waals surface area contributed by atoms with Crippen molar-refractivity contribution in [2.75, 3.05) is 36.4 Å². The monoisotopic (exact) mass is 397 g/mol. The number of rotatable bonds is 6. The first-order valence-electron chi connectivity index (χ1n) is 10.1. The van der Waals surface area contributed by atoms with Gasteiger partial charge in [0.05, 0.1) is 6.42 Å². The fraction of sp³-hybridized carbons (Fsp3) is 0.391. The van der Waals surface area contributed by atoms with Crippen LogP contribution >= 0.6 is 0 Å². The average molecular weight is 397 g/mol. The summed E-state index contributed by atoms with van der Waals surface area (Å²) in [5.41, 5.74) is 2.71. The van der Waals surface area contributed by atoms with Gasteiger partial charge in [0.2, 0.25) is 11.8 Å². The molecule has 5 nitrogen and oxygen atoms in total. The van der Waals surface area contributed by atoms with Gasteiger partial charge in [-0.3, -0.25) is 9.59 Å². The van der Waals surface area contributed by atoms with Gasteiger partial charge in [-0.15, -0.1) is 0 Å². The number of amides is 2. The molecule has 0 radical (unpaired) electrons.